The highest BCUT2D eigenvalue weighted by Gasteiger charge is 2.26. The highest BCUT2D eigenvalue weighted by atomic mass is 35.5. The topological polar surface area (TPSA) is 93.9 Å². The molecule has 2 aromatic carbocycles. The third kappa shape index (κ3) is 4.37. The van der Waals surface area contributed by atoms with Crippen LogP contribution in [0.25, 0.3) is 5.69 Å². The number of hydrogen-bond donors (Lipinski definition) is 1. The lowest BCUT2D eigenvalue weighted by atomic mass is 10.2. The summed E-state index contributed by atoms with van der Waals surface area (Å²) in [6.45, 7) is 1.72. The van der Waals surface area contributed by atoms with Crippen LogP contribution in [0.4, 0.5) is 4.39 Å². The van der Waals surface area contributed by atoms with Gasteiger partial charge in [0, 0.05) is 5.02 Å². The van der Waals surface area contributed by atoms with Gasteiger partial charge in [0.05, 0.1) is 21.4 Å². The summed E-state index contributed by atoms with van der Waals surface area (Å²) in [7, 11) is -4.29. The van der Waals surface area contributed by atoms with Crippen molar-refractivity contribution >= 4 is 50.7 Å². The van der Waals surface area contributed by atoms with Gasteiger partial charge in [-0.2, -0.15) is 0 Å². The van der Waals surface area contributed by atoms with Crippen molar-refractivity contribution in [1.82, 2.24) is 19.7 Å². The minimum atomic E-state index is -4.29. The van der Waals surface area contributed by atoms with Gasteiger partial charge in [0.2, 0.25) is 0 Å². The molecule has 0 unspecified atom stereocenters. The summed E-state index contributed by atoms with van der Waals surface area (Å²) in [4.78, 5) is 12.3. The lowest BCUT2D eigenvalue weighted by Gasteiger charge is -2.10. The SMILES string of the molecule is CCc1c(C(=O)NS(=O)(=O)c2ccc(Cl)cc2Cl)nnn1-c1ccc(F)cc1Cl. The van der Waals surface area contributed by atoms with E-state index in [0.29, 0.717) is 5.69 Å². The molecule has 0 aliphatic rings. The van der Waals surface area contributed by atoms with E-state index in [2.05, 4.69) is 10.3 Å². The molecular weight excluding hydrogens is 466 g/mol. The van der Waals surface area contributed by atoms with Gasteiger partial charge in [-0.15, -0.1) is 5.10 Å². The summed E-state index contributed by atoms with van der Waals surface area (Å²) < 4.78 is 41.5. The fourth-order valence-electron chi connectivity index (χ4n) is 2.56. The molecule has 7 nitrogen and oxygen atoms in total. The van der Waals surface area contributed by atoms with Crippen molar-refractivity contribution in [2.24, 2.45) is 0 Å². The Kier molecular flexibility index (Phi) is 6.13. The normalized spacial score (nSPS) is 11.5. The van der Waals surface area contributed by atoms with E-state index in [-0.39, 0.29) is 37.8 Å². The molecule has 0 saturated carbocycles. The molecule has 0 atom stereocenters. The number of amides is 1. The van der Waals surface area contributed by atoms with E-state index < -0.39 is 21.7 Å². The van der Waals surface area contributed by atoms with Gasteiger partial charge in [0.15, 0.2) is 5.69 Å². The first-order valence-electron chi connectivity index (χ1n) is 8.06. The number of nitrogens with zero attached hydrogens (tertiary/aromatic N) is 3. The van der Waals surface area contributed by atoms with Crippen LogP contribution in [0.5, 0.6) is 0 Å². The lowest BCUT2D eigenvalue weighted by molar-refractivity contribution is 0.0975. The number of sulfonamides is 1. The molecule has 1 amide bonds. The molecule has 12 heteroatoms. The van der Waals surface area contributed by atoms with Crippen LogP contribution in [0, 0.1) is 5.82 Å². The smallest absolute Gasteiger partial charge is 0.266 e. The number of benzene rings is 2. The summed E-state index contributed by atoms with van der Waals surface area (Å²) in [6, 6.07) is 7.39. The average Bonchev–Trinajstić information content (AvgIpc) is 3.04. The summed E-state index contributed by atoms with van der Waals surface area (Å²) in [5.41, 5.74) is 0.357. The summed E-state index contributed by atoms with van der Waals surface area (Å²) in [5.74, 6) is -1.54. The van der Waals surface area contributed by atoms with Crippen molar-refractivity contribution in [3.05, 3.63) is 68.7 Å². The van der Waals surface area contributed by atoms with Gasteiger partial charge in [-0.1, -0.05) is 46.9 Å². The number of carbonyl (C=O) groups excluding carboxylic acids is 1. The third-order valence-corrected chi connectivity index (χ3v) is 6.21. The Hall–Kier alpha value is -2.20. The van der Waals surface area contributed by atoms with Crippen LogP contribution in [0.2, 0.25) is 15.1 Å². The zero-order chi connectivity index (χ0) is 21.3. The van der Waals surface area contributed by atoms with E-state index >= 15 is 0 Å². The Morgan fingerprint density at radius 2 is 1.86 bits per heavy atom. The van der Waals surface area contributed by atoms with Crippen LogP contribution in [0.15, 0.2) is 41.3 Å². The number of halogens is 4. The second-order valence-corrected chi connectivity index (χ2v) is 8.66. The fraction of sp³-hybridized carbons (Fsp3) is 0.118. The monoisotopic (exact) mass is 476 g/mol. The third-order valence-electron chi connectivity index (χ3n) is 3.86. The minimum absolute atomic E-state index is 0.0529. The Labute approximate surface area is 180 Å². The number of aromatic nitrogens is 3. The van der Waals surface area contributed by atoms with E-state index in [9.17, 15) is 17.6 Å². The van der Waals surface area contributed by atoms with Crippen LogP contribution in [-0.4, -0.2) is 29.3 Å². The molecule has 0 fully saturated rings. The molecule has 3 rings (SSSR count). The Morgan fingerprint density at radius 3 is 2.48 bits per heavy atom. The van der Waals surface area contributed by atoms with Crippen LogP contribution in [0.1, 0.15) is 23.1 Å². The van der Waals surface area contributed by atoms with E-state index in [1.165, 1.54) is 35.0 Å². The van der Waals surface area contributed by atoms with E-state index in [1.54, 1.807) is 6.92 Å². The molecule has 152 valence electrons. The highest BCUT2D eigenvalue weighted by Crippen LogP contribution is 2.26. The van der Waals surface area contributed by atoms with Gasteiger partial charge in [0.1, 0.15) is 10.7 Å². The maximum Gasteiger partial charge on any atom is 0.287 e. The number of rotatable bonds is 5. The van der Waals surface area contributed by atoms with Crippen molar-refractivity contribution in [3.8, 4) is 5.69 Å². The maximum atomic E-state index is 13.3. The molecule has 0 spiro atoms. The second kappa shape index (κ2) is 8.27. The molecule has 0 radical (unpaired) electrons. The van der Waals surface area contributed by atoms with Gasteiger partial charge in [-0.3, -0.25) is 4.79 Å². The first-order chi connectivity index (χ1) is 13.6. The predicted molar refractivity (Wildman–Crippen MR) is 107 cm³/mol. The molecule has 1 heterocycles. The zero-order valence-electron chi connectivity index (χ0n) is 14.7. The molecule has 0 bridgehead atoms. The predicted octanol–water partition coefficient (Wildman–Crippen LogP) is 4.05. The van der Waals surface area contributed by atoms with Crippen molar-refractivity contribution in [2.75, 3.05) is 0 Å². The quantitative estimate of drug-likeness (QED) is 0.598. The van der Waals surface area contributed by atoms with Crippen molar-refractivity contribution in [3.63, 3.8) is 0 Å². The van der Waals surface area contributed by atoms with Crippen molar-refractivity contribution in [2.45, 2.75) is 18.2 Å². The van der Waals surface area contributed by atoms with Crippen LogP contribution < -0.4 is 4.72 Å². The Bertz CT molecular complexity index is 1210. The lowest BCUT2D eigenvalue weighted by Crippen LogP contribution is -2.31. The molecule has 1 N–H and O–H groups in total. The molecule has 1 aromatic heterocycles. The number of carbonyl (C=O) groups is 1. The molecule has 3 aromatic rings. The van der Waals surface area contributed by atoms with Gasteiger partial charge in [-0.05, 0) is 42.8 Å². The zero-order valence-corrected chi connectivity index (χ0v) is 17.7. The molecular formula is C17H12Cl3FN4O3S. The van der Waals surface area contributed by atoms with E-state index in [1.807, 2.05) is 4.72 Å². The molecule has 29 heavy (non-hydrogen) atoms. The summed E-state index contributed by atoms with van der Waals surface area (Å²) in [5, 5.41) is 7.79. The number of hydrogen-bond acceptors (Lipinski definition) is 5. The minimum Gasteiger partial charge on any atom is -0.266 e. The molecule has 0 saturated heterocycles. The van der Waals surface area contributed by atoms with Crippen LogP contribution in [0.3, 0.4) is 0 Å². The van der Waals surface area contributed by atoms with Gasteiger partial charge < -0.3 is 0 Å². The Balaban J connectivity index is 1.97. The highest BCUT2D eigenvalue weighted by molar-refractivity contribution is 7.90. The average molecular weight is 478 g/mol. The van der Waals surface area contributed by atoms with Crippen molar-refractivity contribution < 1.29 is 17.6 Å². The van der Waals surface area contributed by atoms with Gasteiger partial charge in [0.25, 0.3) is 15.9 Å². The first-order valence-corrected chi connectivity index (χ1v) is 10.7. The van der Waals surface area contributed by atoms with Crippen molar-refractivity contribution in [1.29, 1.82) is 0 Å². The largest absolute Gasteiger partial charge is 0.287 e. The van der Waals surface area contributed by atoms with E-state index in [4.69, 9.17) is 34.8 Å². The number of nitrogens with one attached hydrogen (secondary N) is 1. The fourth-order valence-corrected chi connectivity index (χ4v) is 4.53. The maximum absolute atomic E-state index is 13.3. The standard InChI is InChI=1S/C17H12Cl3FN4O3S/c1-2-13-16(22-24-25(13)14-5-4-10(21)8-11(14)19)17(26)23-29(27,28)15-6-3-9(18)7-12(15)20/h3-8H,2H2,1H3,(H,23,26). The van der Waals surface area contributed by atoms with Gasteiger partial charge >= 0.3 is 0 Å². The van der Waals surface area contributed by atoms with Crippen LogP contribution in [-0.2, 0) is 16.4 Å². The van der Waals surface area contributed by atoms with Gasteiger partial charge in [-0.25, -0.2) is 22.2 Å². The first kappa shape index (κ1) is 21.5. The van der Waals surface area contributed by atoms with Crippen LogP contribution >= 0.6 is 34.8 Å². The molecule has 0 aliphatic carbocycles. The van der Waals surface area contributed by atoms with E-state index in [0.717, 1.165) is 6.07 Å². The summed E-state index contributed by atoms with van der Waals surface area (Å²) in [6.07, 6.45) is 0.269. The summed E-state index contributed by atoms with van der Waals surface area (Å²) >= 11 is 17.7. The Morgan fingerprint density at radius 1 is 1.14 bits per heavy atom. The molecule has 0 aliphatic heterocycles. The second-order valence-electron chi connectivity index (χ2n) is 5.76.